The van der Waals surface area contributed by atoms with E-state index in [-0.39, 0.29) is 5.56 Å². The lowest BCUT2D eigenvalue weighted by Crippen LogP contribution is -2.32. The second kappa shape index (κ2) is 7.34. The van der Waals surface area contributed by atoms with Crippen molar-refractivity contribution in [3.8, 4) is 0 Å². The molecule has 126 valence electrons. The fraction of sp³-hybridized carbons (Fsp3) is 0.316. The molecule has 0 radical (unpaired) electrons. The van der Waals surface area contributed by atoms with Gasteiger partial charge in [0.05, 0.1) is 5.56 Å². The number of carbonyl (C=O) groups excluding carboxylic acids is 1. The molecule has 1 amide bonds. The van der Waals surface area contributed by atoms with Crippen LogP contribution < -0.4 is 10.2 Å². The summed E-state index contributed by atoms with van der Waals surface area (Å²) >= 11 is 3.19. The minimum Gasteiger partial charge on any atom is -0.372 e. The molecule has 0 spiro atoms. The zero-order chi connectivity index (χ0) is 17.1. The maximum absolute atomic E-state index is 13.8. The van der Waals surface area contributed by atoms with Crippen LogP contribution in [0.3, 0.4) is 0 Å². The van der Waals surface area contributed by atoms with E-state index in [1.54, 1.807) is 6.07 Å². The second-order valence-electron chi connectivity index (χ2n) is 6.29. The van der Waals surface area contributed by atoms with Crippen molar-refractivity contribution in [2.75, 3.05) is 23.3 Å². The van der Waals surface area contributed by atoms with Gasteiger partial charge in [-0.15, -0.1) is 0 Å². The number of nitrogens with one attached hydrogen (secondary N) is 1. The lowest BCUT2D eigenvalue weighted by atomic mass is 9.99. The Morgan fingerprint density at radius 2 is 1.83 bits per heavy atom. The Balaban J connectivity index is 1.66. The second-order valence-corrected chi connectivity index (χ2v) is 7.21. The Morgan fingerprint density at radius 1 is 1.17 bits per heavy atom. The standard InChI is InChI=1S/C19H20BrFN2O/c1-13-8-10-23(11-9-13)16-5-3-15(4-6-16)22-19(24)17-7-2-14(20)12-18(17)21/h2-7,12-13H,8-11H2,1H3,(H,22,24). The Kier molecular flexibility index (Phi) is 5.19. The van der Waals surface area contributed by atoms with Crippen LogP contribution in [0.2, 0.25) is 0 Å². The molecule has 0 unspecified atom stereocenters. The summed E-state index contributed by atoms with van der Waals surface area (Å²) in [5, 5.41) is 2.74. The summed E-state index contributed by atoms with van der Waals surface area (Å²) < 4.78 is 14.5. The summed E-state index contributed by atoms with van der Waals surface area (Å²) in [4.78, 5) is 14.6. The molecule has 0 aromatic heterocycles. The lowest BCUT2D eigenvalue weighted by Gasteiger charge is -2.32. The number of carbonyl (C=O) groups is 1. The van der Waals surface area contributed by atoms with Crippen molar-refractivity contribution >= 4 is 33.2 Å². The van der Waals surface area contributed by atoms with Crippen molar-refractivity contribution in [1.82, 2.24) is 0 Å². The van der Waals surface area contributed by atoms with Gasteiger partial charge in [-0.05, 0) is 61.2 Å². The summed E-state index contributed by atoms with van der Waals surface area (Å²) in [5.74, 6) is -0.193. The summed E-state index contributed by atoms with van der Waals surface area (Å²) in [5.41, 5.74) is 1.86. The fourth-order valence-electron chi connectivity index (χ4n) is 2.89. The van der Waals surface area contributed by atoms with Crippen LogP contribution in [0.25, 0.3) is 0 Å². The molecular weight excluding hydrogens is 371 g/mol. The van der Waals surface area contributed by atoms with Crippen LogP contribution in [-0.2, 0) is 0 Å². The molecule has 1 fully saturated rings. The Morgan fingerprint density at radius 3 is 2.46 bits per heavy atom. The van der Waals surface area contributed by atoms with E-state index < -0.39 is 11.7 Å². The smallest absolute Gasteiger partial charge is 0.258 e. The highest BCUT2D eigenvalue weighted by Gasteiger charge is 2.16. The normalized spacial score (nSPS) is 15.4. The number of nitrogens with zero attached hydrogens (tertiary/aromatic N) is 1. The van der Waals surface area contributed by atoms with E-state index in [4.69, 9.17) is 0 Å². The molecule has 1 aliphatic heterocycles. The molecule has 3 rings (SSSR count). The largest absolute Gasteiger partial charge is 0.372 e. The highest BCUT2D eigenvalue weighted by Crippen LogP contribution is 2.24. The molecule has 3 nitrogen and oxygen atoms in total. The molecule has 5 heteroatoms. The van der Waals surface area contributed by atoms with Gasteiger partial charge in [0.2, 0.25) is 0 Å². The molecule has 1 heterocycles. The van der Waals surface area contributed by atoms with Crippen LogP contribution in [-0.4, -0.2) is 19.0 Å². The topological polar surface area (TPSA) is 32.3 Å². The van der Waals surface area contributed by atoms with E-state index in [1.807, 2.05) is 24.3 Å². The monoisotopic (exact) mass is 390 g/mol. The van der Waals surface area contributed by atoms with E-state index in [2.05, 4.69) is 33.1 Å². The quantitative estimate of drug-likeness (QED) is 0.792. The van der Waals surface area contributed by atoms with Crippen molar-refractivity contribution in [3.05, 3.63) is 58.3 Å². The average molecular weight is 391 g/mol. The van der Waals surface area contributed by atoms with Crippen molar-refractivity contribution in [3.63, 3.8) is 0 Å². The molecule has 1 aliphatic rings. The first kappa shape index (κ1) is 17.0. The van der Waals surface area contributed by atoms with E-state index in [0.717, 1.165) is 24.7 Å². The van der Waals surface area contributed by atoms with Crippen molar-refractivity contribution in [2.45, 2.75) is 19.8 Å². The van der Waals surface area contributed by atoms with Crippen LogP contribution in [0.5, 0.6) is 0 Å². The van der Waals surface area contributed by atoms with Gasteiger partial charge < -0.3 is 10.2 Å². The van der Waals surface area contributed by atoms with Gasteiger partial charge in [0, 0.05) is 28.9 Å². The molecule has 1 saturated heterocycles. The molecular formula is C19H20BrFN2O. The molecule has 24 heavy (non-hydrogen) atoms. The number of benzene rings is 2. The summed E-state index contributed by atoms with van der Waals surface area (Å²) in [7, 11) is 0. The van der Waals surface area contributed by atoms with Gasteiger partial charge in [0.25, 0.3) is 5.91 Å². The first-order chi connectivity index (χ1) is 11.5. The van der Waals surface area contributed by atoms with Crippen LogP contribution in [0.1, 0.15) is 30.1 Å². The van der Waals surface area contributed by atoms with Crippen LogP contribution in [0.15, 0.2) is 46.9 Å². The number of hydrogen-bond acceptors (Lipinski definition) is 2. The van der Waals surface area contributed by atoms with Crippen LogP contribution in [0, 0.1) is 11.7 Å². The van der Waals surface area contributed by atoms with Crippen LogP contribution in [0.4, 0.5) is 15.8 Å². The minimum atomic E-state index is -0.541. The molecule has 0 atom stereocenters. The van der Waals surface area contributed by atoms with E-state index in [9.17, 15) is 9.18 Å². The SMILES string of the molecule is CC1CCN(c2ccc(NC(=O)c3ccc(Br)cc3F)cc2)CC1. The maximum Gasteiger partial charge on any atom is 0.258 e. The number of piperidine rings is 1. The molecule has 1 N–H and O–H groups in total. The van der Waals surface area contributed by atoms with E-state index in [1.165, 1.54) is 25.0 Å². The highest BCUT2D eigenvalue weighted by atomic mass is 79.9. The van der Waals surface area contributed by atoms with Crippen molar-refractivity contribution in [2.24, 2.45) is 5.92 Å². The molecule has 0 aliphatic carbocycles. The van der Waals surface area contributed by atoms with Crippen molar-refractivity contribution in [1.29, 1.82) is 0 Å². The molecule has 2 aromatic rings. The van der Waals surface area contributed by atoms with Gasteiger partial charge in [0.1, 0.15) is 5.82 Å². The lowest BCUT2D eigenvalue weighted by molar-refractivity contribution is 0.102. The summed E-state index contributed by atoms with van der Waals surface area (Å²) in [6.07, 6.45) is 2.42. The van der Waals surface area contributed by atoms with Gasteiger partial charge in [-0.3, -0.25) is 4.79 Å². The van der Waals surface area contributed by atoms with Crippen LogP contribution >= 0.6 is 15.9 Å². The zero-order valence-electron chi connectivity index (χ0n) is 13.6. The molecule has 2 aromatic carbocycles. The van der Waals surface area contributed by atoms with E-state index >= 15 is 0 Å². The predicted octanol–water partition coefficient (Wildman–Crippen LogP) is 5.08. The Bertz CT molecular complexity index is 725. The molecule has 0 bridgehead atoms. The van der Waals surface area contributed by atoms with Crippen molar-refractivity contribution < 1.29 is 9.18 Å². The number of halogens is 2. The van der Waals surface area contributed by atoms with Gasteiger partial charge in [-0.25, -0.2) is 4.39 Å². The first-order valence-corrected chi connectivity index (χ1v) is 8.93. The third-order valence-corrected chi connectivity index (χ3v) is 4.94. The number of anilines is 2. The zero-order valence-corrected chi connectivity index (χ0v) is 15.1. The van der Waals surface area contributed by atoms with E-state index in [0.29, 0.717) is 10.2 Å². The third kappa shape index (κ3) is 3.96. The summed E-state index contributed by atoms with van der Waals surface area (Å²) in [6, 6.07) is 12.1. The molecule has 0 saturated carbocycles. The number of hydrogen-bond donors (Lipinski definition) is 1. The number of amides is 1. The minimum absolute atomic E-state index is 0.0345. The van der Waals surface area contributed by atoms with Gasteiger partial charge in [-0.2, -0.15) is 0 Å². The number of rotatable bonds is 3. The highest BCUT2D eigenvalue weighted by molar-refractivity contribution is 9.10. The Hall–Kier alpha value is -1.88. The first-order valence-electron chi connectivity index (χ1n) is 8.14. The van der Waals surface area contributed by atoms with Gasteiger partial charge in [-0.1, -0.05) is 22.9 Å². The third-order valence-electron chi connectivity index (χ3n) is 4.45. The predicted molar refractivity (Wildman–Crippen MR) is 99.1 cm³/mol. The Labute approximate surface area is 150 Å². The summed E-state index contributed by atoms with van der Waals surface area (Å²) in [6.45, 7) is 4.42. The maximum atomic E-state index is 13.8. The van der Waals surface area contributed by atoms with Gasteiger partial charge in [0.15, 0.2) is 0 Å². The fourth-order valence-corrected chi connectivity index (χ4v) is 3.23. The average Bonchev–Trinajstić information content (AvgIpc) is 2.56. The van der Waals surface area contributed by atoms with Gasteiger partial charge >= 0.3 is 0 Å².